The Balaban J connectivity index is 2.34. The number of fused-ring (bicyclic) bond motifs is 1. The molecule has 0 aliphatic heterocycles. The van der Waals surface area contributed by atoms with E-state index in [-0.39, 0.29) is 12.5 Å². The molecule has 0 unspecified atom stereocenters. The highest BCUT2D eigenvalue weighted by Gasteiger charge is 2.08. The van der Waals surface area contributed by atoms with Crippen LogP contribution in [0.1, 0.15) is 11.1 Å². The van der Waals surface area contributed by atoms with Gasteiger partial charge >= 0.3 is 5.63 Å². The molecule has 6 heteroatoms. The molecule has 1 heterocycles. The Labute approximate surface area is 120 Å². The van der Waals surface area contributed by atoms with Crippen LogP contribution >= 0.6 is 11.6 Å². The van der Waals surface area contributed by atoms with Crippen LogP contribution in [0.25, 0.3) is 11.0 Å². The minimum Gasteiger partial charge on any atom is -0.423 e. The van der Waals surface area contributed by atoms with Crippen molar-refractivity contribution < 1.29 is 9.21 Å². The first-order chi connectivity index (χ1) is 9.51. The molecule has 0 radical (unpaired) electrons. The molecule has 5 nitrogen and oxygen atoms in total. The number of carbonyl (C=O) groups excluding carboxylic acids is 1. The molecule has 0 bridgehead atoms. The molecule has 1 aromatic heterocycles. The monoisotopic (exact) mass is 294 g/mol. The van der Waals surface area contributed by atoms with Gasteiger partial charge in [-0.3, -0.25) is 4.79 Å². The Morgan fingerprint density at radius 1 is 1.35 bits per heavy atom. The zero-order chi connectivity index (χ0) is 14.7. The first-order valence-electron chi connectivity index (χ1n) is 6.15. The molecule has 20 heavy (non-hydrogen) atoms. The van der Waals surface area contributed by atoms with E-state index in [2.05, 4.69) is 10.6 Å². The van der Waals surface area contributed by atoms with E-state index in [0.29, 0.717) is 17.2 Å². The lowest BCUT2D eigenvalue weighted by Crippen LogP contribution is -2.31. The average Bonchev–Trinajstić information content (AvgIpc) is 2.40. The van der Waals surface area contributed by atoms with Crippen LogP contribution in [0.5, 0.6) is 0 Å². The van der Waals surface area contributed by atoms with Gasteiger partial charge in [-0.15, -0.1) is 0 Å². The summed E-state index contributed by atoms with van der Waals surface area (Å²) in [5.41, 5.74) is 1.67. The molecule has 0 atom stereocenters. The van der Waals surface area contributed by atoms with Crippen molar-refractivity contribution in [3.05, 3.63) is 44.8 Å². The fraction of sp³-hybridized carbons (Fsp3) is 0.286. The minimum absolute atomic E-state index is 0.119. The topological polar surface area (TPSA) is 71.3 Å². The van der Waals surface area contributed by atoms with E-state index in [0.717, 1.165) is 16.5 Å². The van der Waals surface area contributed by atoms with E-state index in [4.69, 9.17) is 16.0 Å². The van der Waals surface area contributed by atoms with Crippen LogP contribution in [-0.4, -0.2) is 19.5 Å². The maximum absolute atomic E-state index is 11.5. The van der Waals surface area contributed by atoms with E-state index >= 15 is 0 Å². The average molecular weight is 295 g/mol. The molecular formula is C14H15ClN2O3. The molecule has 2 aromatic rings. The van der Waals surface area contributed by atoms with Gasteiger partial charge in [-0.05, 0) is 30.2 Å². The van der Waals surface area contributed by atoms with Crippen LogP contribution in [0.15, 0.2) is 27.4 Å². The van der Waals surface area contributed by atoms with Gasteiger partial charge < -0.3 is 15.1 Å². The number of amides is 1. The molecule has 0 aliphatic rings. The number of nitrogens with one attached hydrogen (secondary N) is 2. The SMILES string of the molecule is CNC(=O)CNCc1cc(=O)oc2cc(C)c(Cl)cc12. The van der Waals surface area contributed by atoms with E-state index in [1.54, 1.807) is 19.2 Å². The van der Waals surface area contributed by atoms with Crippen LogP contribution in [0.4, 0.5) is 0 Å². The van der Waals surface area contributed by atoms with Crippen LogP contribution in [0.3, 0.4) is 0 Å². The summed E-state index contributed by atoms with van der Waals surface area (Å²) in [5, 5.41) is 6.86. The summed E-state index contributed by atoms with van der Waals surface area (Å²) in [4.78, 5) is 22.7. The van der Waals surface area contributed by atoms with Crippen molar-refractivity contribution in [1.82, 2.24) is 10.6 Å². The molecule has 1 aromatic carbocycles. The second-order valence-electron chi connectivity index (χ2n) is 4.46. The standard InChI is InChI=1S/C14H15ClN2O3/c1-8-3-12-10(5-11(8)15)9(4-14(19)20-12)6-17-7-13(18)16-2/h3-5,17H,6-7H2,1-2H3,(H,16,18). The van der Waals surface area contributed by atoms with Crippen molar-refractivity contribution in [2.75, 3.05) is 13.6 Å². The number of benzene rings is 1. The molecule has 0 saturated carbocycles. The van der Waals surface area contributed by atoms with Gasteiger partial charge in [0.1, 0.15) is 5.58 Å². The largest absolute Gasteiger partial charge is 0.423 e. The van der Waals surface area contributed by atoms with Gasteiger partial charge in [0.2, 0.25) is 5.91 Å². The molecular weight excluding hydrogens is 280 g/mol. The van der Waals surface area contributed by atoms with E-state index in [1.165, 1.54) is 6.07 Å². The number of likely N-dealkylation sites (N-methyl/N-ethyl adjacent to an activating group) is 1. The lowest BCUT2D eigenvalue weighted by Gasteiger charge is -2.08. The molecule has 0 saturated heterocycles. The third kappa shape index (κ3) is 3.18. The maximum Gasteiger partial charge on any atom is 0.336 e. The number of carbonyl (C=O) groups is 1. The number of hydrogen-bond donors (Lipinski definition) is 2. The summed E-state index contributed by atoms with van der Waals surface area (Å²) in [6.07, 6.45) is 0. The fourth-order valence-corrected chi connectivity index (χ4v) is 2.06. The van der Waals surface area contributed by atoms with E-state index in [1.807, 2.05) is 6.92 Å². The van der Waals surface area contributed by atoms with Gasteiger partial charge in [0, 0.05) is 30.1 Å². The van der Waals surface area contributed by atoms with Gasteiger partial charge in [-0.2, -0.15) is 0 Å². The molecule has 2 rings (SSSR count). The Hall–Kier alpha value is -1.85. The van der Waals surface area contributed by atoms with Crippen LogP contribution in [0, 0.1) is 6.92 Å². The Morgan fingerprint density at radius 2 is 2.10 bits per heavy atom. The van der Waals surface area contributed by atoms with E-state index < -0.39 is 5.63 Å². The number of hydrogen-bond acceptors (Lipinski definition) is 4. The predicted molar refractivity (Wildman–Crippen MR) is 78.0 cm³/mol. The molecule has 0 fully saturated rings. The molecule has 0 aliphatic carbocycles. The number of aryl methyl sites for hydroxylation is 1. The zero-order valence-electron chi connectivity index (χ0n) is 11.2. The van der Waals surface area contributed by atoms with Gasteiger partial charge in [-0.1, -0.05) is 11.6 Å². The second-order valence-corrected chi connectivity index (χ2v) is 4.87. The van der Waals surface area contributed by atoms with Crippen molar-refractivity contribution in [1.29, 1.82) is 0 Å². The quantitative estimate of drug-likeness (QED) is 0.840. The third-order valence-corrected chi connectivity index (χ3v) is 3.40. The van der Waals surface area contributed by atoms with Crippen LogP contribution in [0.2, 0.25) is 5.02 Å². The summed E-state index contributed by atoms with van der Waals surface area (Å²) in [5.74, 6) is -0.119. The number of rotatable bonds is 4. The Kier molecular flexibility index (Phi) is 4.42. The first-order valence-corrected chi connectivity index (χ1v) is 6.53. The first kappa shape index (κ1) is 14.6. The summed E-state index contributed by atoms with van der Waals surface area (Å²) < 4.78 is 5.17. The maximum atomic E-state index is 11.5. The van der Waals surface area contributed by atoms with Crippen molar-refractivity contribution in [3.63, 3.8) is 0 Å². The van der Waals surface area contributed by atoms with E-state index in [9.17, 15) is 9.59 Å². The molecule has 1 amide bonds. The van der Waals surface area contributed by atoms with Gasteiger partial charge in [-0.25, -0.2) is 4.79 Å². The van der Waals surface area contributed by atoms with Crippen molar-refractivity contribution >= 4 is 28.5 Å². The zero-order valence-corrected chi connectivity index (χ0v) is 12.0. The second kappa shape index (κ2) is 6.07. The van der Waals surface area contributed by atoms with Gasteiger partial charge in [0.05, 0.1) is 6.54 Å². The van der Waals surface area contributed by atoms with Crippen molar-refractivity contribution in [2.24, 2.45) is 0 Å². The van der Waals surface area contributed by atoms with Gasteiger partial charge in [0.15, 0.2) is 0 Å². The smallest absolute Gasteiger partial charge is 0.336 e. The van der Waals surface area contributed by atoms with Gasteiger partial charge in [0.25, 0.3) is 0 Å². The lowest BCUT2D eigenvalue weighted by atomic mass is 10.1. The third-order valence-electron chi connectivity index (χ3n) is 2.99. The fourth-order valence-electron chi connectivity index (χ4n) is 1.89. The highest BCUT2D eigenvalue weighted by molar-refractivity contribution is 6.32. The Morgan fingerprint density at radius 3 is 2.80 bits per heavy atom. The molecule has 2 N–H and O–H groups in total. The molecule has 106 valence electrons. The van der Waals surface area contributed by atoms with Crippen LogP contribution < -0.4 is 16.3 Å². The summed E-state index contributed by atoms with van der Waals surface area (Å²) >= 11 is 6.10. The van der Waals surface area contributed by atoms with Crippen LogP contribution in [-0.2, 0) is 11.3 Å². The highest BCUT2D eigenvalue weighted by atomic mass is 35.5. The normalized spacial score (nSPS) is 10.8. The minimum atomic E-state index is -0.420. The summed E-state index contributed by atoms with van der Waals surface area (Å²) in [6.45, 7) is 2.41. The predicted octanol–water partition coefficient (Wildman–Crippen LogP) is 1.59. The van der Waals surface area contributed by atoms with Crippen molar-refractivity contribution in [3.8, 4) is 0 Å². The highest BCUT2D eigenvalue weighted by Crippen LogP contribution is 2.25. The Bertz CT molecular complexity index is 709. The summed E-state index contributed by atoms with van der Waals surface area (Å²) in [7, 11) is 1.57. The number of halogens is 1. The van der Waals surface area contributed by atoms with Crippen molar-refractivity contribution in [2.45, 2.75) is 13.5 Å². The lowest BCUT2D eigenvalue weighted by molar-refractivity contribution is -0.119. The molecule has 0 spiro atoms. The summed E-state index contributed by atoms with van der Waals surface area (Å²) in [6, 6.07) is 4.91.